The molecule has 1 heterocycles. The highest BCUT2D eigenvalue weighted by Gasteiger charge is 2.32. The molecule has 22 heavy (non-hydrogen) atoms. The van der Waals surface area contributed by atoms with Gasteiger partial charge >= 0.3 is 12.0 Å². The van der Waals surface area contributed by atoms with Gasteiger partial charge < -0.3 is 14.5 Å². The largest absolute Gasteiger partial charge is 0.466 e. The molecule has 0 aromatic carbocycles. The summed E-state index contributed by atoms with van der Waals surface area (Å²) in [6.07, 6.45) is 2.29. The predicted octanol–water partition coefficient (Wildman–Crippen LogP) is -0.270. The molecule has 4 amide bonds. The Morgan fingerprint density at radius 1 is 1.36 bits per heavy atom. The van der Waals surface area contributed by atoms with E-state index in [9.17, 15) is 19.2 Å². The molecule has 1 saturated carbocycles. The number of imide groups is 1. The summed E-state index contributed by atoms with van der Waals surface area (Å²) in [6, 6.07) is -0.546. The van der Waals surface area contributed by atoms with E-state index in [1.165, 1.54) is 4.90 Å². The number of nitrogens with zero attached hydrogens (tertiary/aromatic N) is 2. The smallest absolute Gasteiger partial charge is 0.325 e. The molecule has 122 valence electrons. The molecule has 2 rings (SSSR count). The molecule has 8 nitrogen and oxygen atoms in total. The zero-order valence-electron chi connectivity index (χ0n) is 12.7. The zero-order chi connectivity index (χ0) is 16.1. The summed E-state index contributed by atoms with van der Waals surface area (Å²) >= 11 is 0. The van der Waals surface area contributed by atoms with Crippen molar-refractivity contribution in [2.45, 2.75) is 26.2 Å². The van der Waals surface area contributed by atoms with E-state index in [0.717, 1.165) is 12.8 Å². The first-order chi connectivity index (χ1) is 10.5. The molecule has 1 aliphatic heterocycles. The monoisotopic (exact) mass is 311 g/mol. The van der Waals surface area contributed by atoms with Gasteiger partial charge in [0, 0.05) is 13.1 Å². The van der Waals surface area contributed by atoms with Crippen LogP contribution in [0.25, 0.3) is 0 Å². The van der Waals surface area contributed by atoms with Crippen LogP contribution < -0.4 is 5.32 Å². The van der Waals surface area contributed by atoms with Crippen LogP contribution >= 0.6 is 0 Å². The van der Waals surface area contributed by atoms with E-state index >= 15 is 0 Å². The lowest BCUT2D eigenvalue weighted by atomic mass is 10.3. The molecule has 0 unspecified atom stereocenters. The van der Waals surface area contributed by atoms with Crippen molar-refractivity contribution in [1.29, 1.82) is 0 Å². The van der Waals surface area contributed by atoms with Crippen molar-refractivity contribution in [3.8, 4) is 0 Å². The molecule has 2 aliphatic rings. The second-order valence-electron chi connectivity index (χ2n) is 5.55. The summed E-state index contributed by atoms with van der Waals surface area (Å²) < 4.78 is 4.86. The number of carbonyl (C=O) groups excluding carboxylic acids is 4. The minimum absolute atomic E-state index is 0.0975. The van der Waals surface area contributed by atoms with Crippen molar-refractivity contribution in [3.05, 3.63) is 0 Å². The molecule has 0 radical (unpaired) electrons. The Morgan fingerprint density at radius 3 is 2.64 bits per heavy atom. The Kier molecular flexibility index (Phi) is 5.35. The molecule has 1 aliphatic carbocycles. The van der Waals surface area contributed by atoms with E-state index in [0.29, 0.717) is 19.1 Å². The summed E-state index contributed by atoms with van der Waals surface area (Å²) in [5.41, 5.74) is 0. The van der Waals surface area contributed by atoms with E-state index < -0.39 is 11.9 Å². The molecule has 8 heteroatoms. The third-order valence-corrected chi connectivity index (χ3v) is 3.61. The molecule has 0 aromatic rings. The molecule has 0 bridgehead atoms. The van der Waals surface area contributed by atoms with Gasteiger partial charge in [0.15, 0.2) is 0 Å². The Bertz CT molecular complexity index is 475. The topological polar surface area (TPSA) is 96.0 Å². The quantitative estimate of drug-likeness (QED) is 0.492. The summed E-state index contributed by atoms with van der Waals surface area (Å²) in [6.45, 7) is 2.66. The minimum Gasteiger partial charge on any atom is -0.466 e. The van der Waals surface area contributed by atoms with Crippen LogP contribution in [0.3, 0.4) is 0 Å². The first kappa shape index (κ1) is 16.3. The number of nitrogens with one attached hydrogen (secondary N) is 1. The van der Waals surface area contributed by atoms with Gasteiger partial charge in [-0.05, 0) is 25.7 Å². The van der Waals surface area contributed by atoms with Gasteiger partial charge in [-0.15, -0.1) is 0 Å². The van der Waals surface area contributed by atoms with Crippen LogP contribution in [0.4, 0.5) is 4.79 Å². The second kappa shape index (κ2) is 7.24. The summed E-state index contributed by atoms with van der Waals surface area (Å²) in [7, 11) is 0. The average molecular weight is 311 g/mol. The maximum absolute atomic E-state index is 12.3. The molecule has 0 spiro atoms. The average Bonchev–Trinajstić information content (AvgIpc) is 3.21. The van der Waals surface area contributed by atoms with Crippen LogP contribution in [0, 0.1) is 5.92 Å². The van der Waals surface area contributed by atoms with Crippen molar-refractivity contribution in [2.75, 3.05) is 32.8 Å². The third kappa shape index (κ3) is 4.71. The van der Waals surface area contributed by atoms with Crippen LogP contribution in [0.5, 0.6) is 0 Å². The Labute approximate surface area is 128 Å². The van der Waals surface area contributed by atoms with Crippen LogP contribution in [0.1, 0.15) is 26.2 Å². The van der Waals surface area contributed by atoms with Gasteiger partial charge in [-0.1, -0.05) is 0 Å². The van der Waals surface area contributed by atoms with Gasteiger partial charge in [0.05, 0.1) is 13.0 Å². The fourth-order valence-electron chi connectivity index (χ4n) is 2.26. The van der Waals surface area contributed by atoms with Gasteiger partial charge in [0.2, 0.25) is 11.8 Å². The van der Waals surface area contributed by atoms with Crippen molar-refractivity contribution in [1.82, 2.24) is 15.1 Å². The van der Waals surface area contributed by atoms with E-state index in [4.69, 9.17) is 4.74 Å². The number of hydrogen-bond acceptors (Lipinski definition) is 5. The van der Waals surface area contributed by atoms with Crippen molar-refractivity contribution >= 4 is 23.8 Å². The highest BCUT2D eigenvalue weighted by atomic mass is 16.5. The predicted molar refractivity (Wildman–Crippen MR) is 75.7 cm³/mol. The number of esters is 1. The lowest BCUT2D eigenvalue weighted by molar-refractivity contribution is -0.144. The lowest BCUT2D eigenvalue weighted by Gasteiger charge is -2.24. The standard InChI is InChI=1S/C14H21N3O5/c1-2-22-13(20)5-6-16(7-10-3-4-10)12(19)9-17-8-11(18)15-14(17)21/h10H,2-9H2,1H3,(H,15,18,21). The Balaban J connectivity index is 1.86. The number of ether oxygens (including phenoxy) is 1. The fourth-order valence-corrected chi connectivity index (χ4v) is 2.26. The maximum atomic E-state index is 12.3. The SMILES string of the molecule is CCOC(=O)CCN(CC1CC1)C(=O)CN1CC(=O)NC1=O. The molecule has 1 N–H and O–H groups in total. The summed E-state index contributed by atoms with van der Waals surface area (Å²) in [4.78, 5) is 49.1. The Hall–Kier alpha value is -2.12. The normalized spacial score (nSPS) is 17.4. The molecular formula is C14H21N3O5. The van der Waals surface area contributed by atoms with E-state index in [1.54, 1.807) is 11.8 Å². The van der Waals surface area contributed by atoms with Crippen molar-refractivity contribution < 1.29 is 23.9 Å². The fraction of sp³-hybridized carbons (Fsp3) is 0.714. The van der Waals surface area contributed by atoms with E-state index in [1.807, 2.05) is 0 Å². The number of rotatable bonds is 8. The Morgan fingerprint density at radius 2 is 2.09 bits per heavy atom. The molecule has 1 saturated heterocycles. The second-order valence-corrected chi connectivity index (χ2v) is 5.55. The van der Waals surface area contributed by atoms with Gasteiger partial charge in [-0.2, -0.15) is 0 Å². The number of urea groups is 1. The summed E-state index contributed by atoms with van der Waals surface area (Å²) in [5.74, 6) is -0.524. The first-order valence-electron chi connectivity index (χ1n) is 7.51. The van der Waals surface area contributed by atoms with E-state index in [2.05, 4.69) is 5.32 Å². The molecular weight excluding hydrogens is 290 g/mol. The molecule has 2 fully saturated rings. The highest BCUT2D eigenvalue weighted by molar-refractivity contribution is 6.03. The molecule has 0 atom stereocenters. The van der Waals surface area contributed by atoms with E-state index in [-0.39, 0.29) is 37.9 Å². The highest BCUT2D eigenvalue weighted by Crippen LogP contribution is 2.29. The van der Waals surface area contributed by atoms with Crippen LogP contribution in [-0.2, 0) is 19.1 Å². The van der Waals surface area contributed by atoms with Crippen molar-refractivity contribution in [2.24, 2.45) is 5.92 Å². The number of hydrogen-bond donors (Lipinski definition) is 1. The first-order valence-corrected chi connectivity index (χ1v) is 7.51. The van der Waals surface area contributed by atoms with Gasteiger partial charge in [0.25, 0.3) is 0 Å². The van der Waals surface area contributed by atoms with Crippen LogP contribution in [0.2, 0.25) is 0 Å². The van der Waals surface area contributed by atoms with Gasteiger partial charge in [0.1, 0.15) is 13.1 Å². The number of carbonyl (C=O) groups is 4. The summed E-state index contributed by atoms with van der Waals surface area (Å²) in [5, 5.41) is 2.13. The third-order valence-electron chi connectivity index (χ3n) is 3.61. The van der Waals surface area contributed by atoms with Gasteiger partial charge in [-0.25, -0.2) is 4.79 Å². The zero-order valence-corrected chi connectivity index (χ0v) is 12.7. The minimum atomic E-state index is -0.546. The number of amides is 4. The van der Waals surface area contributed by atoms with Crippen LogP contribution in [-0.4, -0.2) is 66.4 Å². The maximum Gasteiger partial charge on any atom is 0.325 e. The van der Waals surface area contributed by atoms with Gasteiger partial charge in [-0.3, -0.25) is 19.7 Å². The lowest BCUT2D eigenvalue weighted by Crippen LogP contribution is -2.43. The van der Waals surface area contributed by atoms with Crippen molar-refractivity contribution in [3.63, 3.8) is 0 Å². The molecule has 0 aromatic heterocycles. The van der Waals surface area contributed by atoms with Crippen LogP contribution in [0.15, 0.2) is 0 Å².